The molecule has 0 unspecified atom stereocenters. The van der Waals surface area contributed by atoms with Crippen LogP contribution in [0, 0.1) is 22.7 Å². The van der Waals surface area contributed by atoms with Crippen molar-refractivity contribution < 1.29 is 19.1 Å². The summed E-state index contributed by atoms with van der Waals surface area (Å²) in [5.41, 5.74) is 19.8. The normalized spacial score (nSPS) is 12.6. The van der Waals surface area contributed by atoms with Gasteiger partial charge in [-0.3, -0.25) is 28.7 Å². The molecule has 0 amide bonds. The Morgan fingerprint density at radius 2 is 1.14 bits per heavy atom. The molecule has 12 rings (SSSR count). The zero-order valence-corrected chi connectivity index (χ0v) is 70.4. The number of nitriles is 2. The zero-order valence-electron chi connectivity index (χ0n) is 62.7. The lowest BCUT2D eigenvalue weighted by atomic mass is 9.94. The highest BCUT2D eigenvalue weighted by atomic mass is 36.0. The van der Waals surface area contributed by atoms with Gasteiger partial charge in [-0.05, 0) is 196 Å². The number of nitrogens with one attached hydrogen (secondary N) is 2. The number of methoxy groups -OCH3 is 2. The molecule has 0 spiro atoms. The quantitative estimate of drug-likeness (QED) is 0.0328. The smallest absolute Gasteiger partial charge is 0.339 e. The topological polar surface area (TPSA) is 321 Å². The third kappa shape index (κ3) is 39.3. The molecule has 111 heavy (non-hydrogen) atoms. The Kier molecular flexibility index (Phi) is 46.6. The maximum atomic E-state index is 11.3. The Hall–Kier alpha value is -8.09. The van der Waals surface area contributed by atoms with E-state index in [1.165, 1.54) is 29.9 Å². The zero-order chi connectivity index (χ0) is 82.2. The van der Waals surface area contributed by atoms with Crippen LogP contribution in [0.25, 0.3) is 50.2 Å². The number of fused-ring (bicyclic) bond motifs is 2. The fourth-order valence-corrected chi connectivity index (χ4v) is 10.3. The average molecular weight is 1720 g/mol. The van der Waals surface area contributed by atoms with E-state index in [2.05, 4.69) is 114 Å². The highest BCUT2D eigenvalue weighted by Crippen LogP contribution is 2.61. The van der Waals surface area contributed by atoms with E-state index >= 15 is 0 Å². The molecule has 1 fully saturated rings. The van der Waals surface area contributed by atoms with Gasteiger partial charge in [0.05, 0.1) is 42.8 Å². The fraction of sp³-hybridized carbons (Fsp3) is 0.303. The van der Waals surface area contributed by atoms with Crippen LogP contribution in [-0.2, 0) is 34.6 Å². The first-order valence-electron chi connectivity index (χ1n) is 33.1. The number of anilines is 1. The Morgan fingerprint density at radius 3 is 1.57 bits per heavy atom. The minimum atomic E-state index is -3.22. The van der Waals surface area contributed by atoms with Crippen molar-refractivity contribution in [3.63, 3.8) is 0 Å². The van der Waals surface area contributed by atoms with E-state index in [4.69, 9.17) is 106 Å². The van der Waals surface area contributed by atoms with Gasteiger partial charge in [-0.15, -0.1) is 0 Å². The Morgan fingerprint density at radius 1 is 0.658 bits per heavy atom. The number of hydrogen-bond acceptors (Lipinski definition) is 19. The lowest BCUT2D eigenvalue weighted by Crippen LogP contribution is -2.35. The highest BCUT2D eigenvalue weighted by Gasteiger charge is 2.16. The third-order valence-electron chi connectivity index (χ3n) is 14.6. The molecule has 0 radical (unpaired) electrons. The molecule has 6 aromatic heterocycles. The number of nitrogens with zero attached hydrogens (tertiary/aromatic N) is 14. The summed E-state index contributed by atoms with van der Waals surface area (Å²) >= 11 is 49.0. The number of nitrogen functional groups attached to an aromatic ring is 1. The summed E-state index contributed by atoms with van der Waals surface area (Å²) < 4.78 is 25.0. The molecule has 5 aromatic carbocycles. The molecule has 0 atom stereocenters. The van der Waals surface area contributed by atoms with Crippen LogP contribution >= 0.6 is 109 Å². The summed E-state index contributed by atoms with van der Waals surface area (Å²) in [5, 5.41) is 41.7. The molecule has 0 bridgehead atoms. The largest absolute Gasteiger partial charge is 0.393 e. The number of halogens is 9. The van der Waals surface area contributed by atoms with E-state index in [9.17, 15) is 18.9 Å². The first-order chi connectivity index (χ1) is 52.0. The van der Waals surface area contributed by atoms with Gasteiger partial charge in [-0.25, -0.2) is 18.8 Å². The third-order valence-corrected chi connectivity index (χ3v) is 15.9. The number of rotatable bonds is 12. The molecule has 0 saturated heterocycles. The molecule has 1 aliphatic rings. The molecular weight excluding hydrogens is 1630 g/mol. The number of ether oxygens (including phenoxy) is 2. The summed E-state index contributed by atoms with van der Waals surface area (Å²) in [7, 11) is 22.1. The Bertz CT molecular complexity index is 4920. The van der Waals surface area contributed by atoms with Crippen LogP contribution in [0.15, 0.2) is 197 Å². The maximum Gasteiger partial charge on any atom is 0.339 e. The van der Waals surface area contributed by atoms with Gasteiger partial charge in [0.1, 0.15) is 22.7 Å². The number of nitrogens with two attached hydrogens (primary N) is 2. The van der Waals surface area contributed by atoms with Crippen molar-refractivity contribution in [1.29, 1.82) is 10.5 Å². The first-order valence-corrected chi connectivity index (χ1v) is 39.8. The van der Waals surface area contributed by atoms with Crippen LogP contribution in [0.3, 0.4) is 0 Å². The molecular formula is C76H94Cl9N18O7P. The number of hydrogen-bond donors (Lipinski definition) is 5. The van der Waals surface area contributed by atoms with Gasteiger partial charge in [0.25, 0.3) is 11.1 Å². The van der Waals surface area contributed by atoms with Crippen molar-refractivity contribution in [2.45, 2.75) is 58.1 Å². The van der Waals surface area contributed by atoms with Gasteiger partial charge in [-0.2, -0.15) is 25.8 Å². The van der Waals surface area contributed by atoms with Crippen molar-refractivity contribution in [1.82, 2.24) is 68.1 Å². The predicted octanol–water partition coefficient (Wildman–Crippen LogP) is 16.5. The fourth-order valence-electron chi connectivity index (χ4n) is 9.17. The second-order valence-corrected chi connectivity index (χ2v) is 33.7. The number of aliphatic hydroxyl groups excluding tert-OH is 1. The van der Waals surface area contributed by atoms with Gasteiger partial charge in [0.15, 0.2) is 5.65 Å². The molecule has 1 saturated carbocycles. The van der Waals surface area contributed by atoms with Gasteiger partial charge >= 0.3 is 10.9 Å². The van der Waals surface area contributed by atoms with Gasteiger partial charge < -0.3 is 50.3 Å². The van der Waals surface area contributed by atoms with Crippen molar-refractivity contribution in [2.75, 3.05) is 89.4 Å². The molecule has 25 nitrogen and oxygen atoms in total. The van der Waals surface area contributed by atoms with Crippen molar-refractivity contribution in [2.24, 2.45) is 19.8 Å². The predicted molar refractivity (Wildman–Crippen MR) is 458 cm³/mol. The average Bonchev–Trinajstić information content (AvgIpc) is 1.67. The summed E-state index contributed by atoms with van der Waals surface area (Å²) in [6.45, 7) is 2.29. The summed E-state index contributed by atoms with van der Waals surface area (Å²) in [5.74, 6) is 0.558. The summed E-state index contributed by atoms with van der Waals surface area (Å²) in [6, 6.07) is 46.1. The lowest BCUT2D eigenvalue weighted by molar-refractivity contribution is -0.179. The van der Waals surface area contributed by atoms with Crippen molar-refractivity contribution >= 4 is 131 Å². The SMILES string of the molecule is C.CN(C)/C=C(\C#N)c1cccc(Cl)c1.CN(C)CCN(C)C.COC(OC)N(C)C.Clc1cccc(-c2cnn3ccc(Cl)nc23)c1.Cn1ccc(=O)n(C)c1=O.N#CCc1cccc(Cl)c1.NC1CCC(O)CC1.Nc1[nH]ncc1-c1cccc(Cl)c1.O=P(Cl)(Cl)Cl.O=c1ccn2ncc(-c3cccc(Cl)c3)c2[nH]1. The van der Waals surface area contributed by atoms with E-state index < -0.39 is 5.20 Å². The number of H-pyrrole nitrogens is 2. The standard InChI is InChI=1S/C12H7Cl2N3.C12H8ClN3O.C11H11ClN2.C9H8ClN3.C8H6ClN.C6H8N2O2.C6H16N2.C6H13NO.C5H13NO2.CH4.Cl3OP/c13-9-3-1-2-8(6-9)10-7-15-17-5-4-11(14)16-12(10)17;13-9-3-1-2-8(6-9)10-7-14-16-5-4-11(17)15-12(10)16;1-14(2)8-10(7-13)9-4-3-5-11(12)6-9;10-7-3-1-2-6(4-7)8-5-12-13-9(8)11;9-8-3-1-2-7(6-8)4-5-10;1-7-4-3-5(9)8(2)6(7)10;1-7(2)5-6-8(3)4;7-5-1-3-6(8)4-2-5;1-6(2)5(7-3)8-4;;1-5(2,3)4/h1-7H;1-7H,(H,15,17);3-6,8H,1-2H3;1-5H,(H3,11,12,13);1-3,6H,4H2;3-4H,1-2H3;5-6H2,1-4H3;5-6,8H,1-4,7H2;5H,1-4H3;1H4;/b;;10-8+;;;;;;;;. The minimum Gasteiger partial charge on any atom is -0.393 e. The molecule has 1 aliphatic carbocycles. The molecule has 7 N–H and O–H groups in total. The number of aromatic nitrogens is 10. The monoisotopic (exact) mass is 1720 g/mol. The Labute approximate surface area is 692 Å². The maximum absolute atomic E-state index is 11.3. The van der Waals surface area contributed by atoms with Crippen LogP contribution < -0.4 is 28.3 Å². The first kappa shape index (κ1) is 99.0. The highest BCUT2D eigenvalue weighted by molar-refractivity contribution is 8.24. The number of benzene rings is 5. The molecule has 0 aliphatic heterocycles. The number of likely N-dealkylation sites (N-methyl/N-ethyl adjacent to an activating group) is 2. The summed E-state index contributed by atoms with van der Waals surface area (Å²) in [6.07, 6.45) is 15.7. The van der Waals surface area contributed by atoms with Crippen LogP contribution in [0.1, 0.15) is 44.2 Å². The van der Waals surface area contributed by atoms with Crippen LogP contribution in [0.4, 0.5) is 5.82 Å². The number of aliphatic hydroxyl groups is 1. The van der Waals surface area contributed by atoms with Crippen LogP contribution in [0.2, 0.25) is 30.3 Å². The lowest BCUT2D eigenvalue weighted by Gasteiger charge is -2.21. The van der Waals surface area contributed by atoms with Gasteiger partial charge in [0.2, 0.25) is 6.41 Å². The Balaban J connectivity index is 0.000000426. The van der Waals surface area contributed by atoms with Crippen molar-refractivity contribution in [3.05, 3.63) is 255 Å². The molecule has 35 heteroatoms. The van der Waals surface area contributed by atoms with Crippen LogP contribution in [0.5, 0.6) is 0 Å². The van der Waals surface area contributed by atoms with E-state index in [1.807, 2.05) is 129 Å². The summed E-state index contributed by atoms with van der Waals surface area (Å²) in [4.78, 5) is 48.0. The van der Waals surface area contributed by atoms with E-state index in [0.717, 1.165) is 93.5 Å². The minimum absolute atomic E-state index is 0. The molecule has 6 heterocycles. The number of aryl methyl sites for hydroxylation is 1. The number of allylic oxidation sites excluding steroid dienone is 1. The molecule has 11 aromatic rings. The number of aromatic amines is 2. The second kappa shape index (κ2) is 52.3. The van der Waals surface area contributed by atoms with E-state index in [0.29, 0.717) is 59.8 Å². The van der Waals surface area contributed by atoms with Gasteiger partial charge in [-0.1, -0.05) is 138 Å². The van der Waals surface area contributed by atoms with Gasteiger partial charge in [0, 0.05) is 140 Å². The van der Waals surface area contributed by atoms with E-state index in [-0.39, 0.29) is 36.8 Å². The second-order valence-electron chi connectivity index (χ2n) is 24.5. The van der Waals surface area contributed by atoms with Crippen LogP contribution in [-0.4, -0.2) is 175 Å². The van der Waals surface area contributed by atoms with Crippen molar-refractivity contribution in [3.8, 4) is 45.5 Å². The van der Waals surface area contributed by atoms with E-state index in [1.54, 1.807) is 104 Å². The molecule has 598 valence electrons.